The Morgan fingerprint density at radius 3 is 2.33 bits per heavy atom. The molecule has 0 saturated carbocycles. The zero-order chi connectivity index (χ0) is 24.1. The van der Waals surface area contributed by atoms with E-state index >= 15 is 0 Å². The molecule has 0 bridgehead atoms. The molecule has 0 aliphatic heterocycles. The molecule has 3 amide bonds. The number of nitrogens with one attached hydrogen (secondary N) is 3. The number of methoxy groups -OCH3 is 2. The molecular formula is C23H24N4O6. The second-order valence-electron chi connectivity index (χ2n) is 7.26. The molecule has 0 spiro atoms. The number of ether oxygens (including phenoxy) is 2. The average molecular weight is 452 g/mol. The summed E-state index contributed by atoms with van der Waals surface area (Å²) in [6.07, 6.45) is 1.31. The number of amides is 3. The van der Waals surface area contributed by atoms with Gasteiger partial charge in [-0.2, -0.15) is 0 Å². The van der Waals surface area contributed by atoms with E-state index in [9.17, 15) is 19.2 Å². The van der Waals surface area contributed by atoms with Crippen molar-refractivity contribution in [1.29, 1.82) is 0 Å². The minimum atomic E-state index is -0.700. The fraction of sp³-hybridized carbons (Fsp3) is 0.217. The Hall–Kier alpha value is -4.34. The van der Waals surface area contributed by atoms with Gasteiger partial charge in [0.05, 0.1) is 32.0 Å². The van der Waals surface area contributed by atoms with Crippen LogP contribution in [0.2, 0.25) is 0 Å². The molecule has 10 heteroatoms. The van der Waals surface area contributed by atoms with Crippen LogP contribution in [0.5, 0.6) is 11.5 Å². The van der Waals surface area contributed by atoms with Crippen LogP contribution in [-0.2, 0) is 4.79 Å². The number of aromatic amines is 1. The van der Waals surface area contributed by atoms with Crippen LogP contribution in [0.25, 0.3) is 10.9 Å². The summed E-state index contributed by atoms with van der Waals surface area (Å²) in [6, 6.07) is 9.72. The van der Waals surface area contributed by atoms with Gasteiger partial charge in [-0.15, -0.1) is 0 Å². The minimum absolute atomic E-state index is 0.115. The summed E-state index contributed by atoms with van der Waals surface area (Å²) >= 11 is 0. The number of aromatic nitrogens is 1. The number of benzene rings is 2. The maximum absolute atomic E-state index is 12.6. The van der Waals surface area contributed by atoms with Gasteiger partial charge in [0, 0.05) is 37.3 Å². The fourth-order valence-electron chi connectivity index (χ4n) is 3.19. The van der Waals surface area contributed by atoms with Crippen molar-refractivity contribution in [2.24, 2.45) is 0 Å². The lowest BCUT2D eigenvalue weighted by atomic mass is 10.1. The Morgan fingerprint density at radius 1 is 1.00 bits per heavy atom. The number of rotatable bonds is 7. The Labute approximate surface area is 189 Å². The van der Waals surface area contributed by atoms with Gasteiger partial charge in [0.25, 0.3) is 11.8 Å². The Kier molecular flexibility index (Phi) is 6.97. The van der Waals surface area contributed by atoms with Gasteiger partial charge in [-0.25, -0.2) is 0 Å². The number of H-pyrrole nitrogens is 1. The number of para-hydroxylation sites is 1. The Bertz CT molecular complexity index is 1280. The van der Waals surface area contributed by atoms with Gasteiger partial charge in [0.15, 0.2) is 11.5 Å². The van der Waals surface area contributed by atoms with Crippen LogP contribution >= 0.6 is 0 Å². The SMILES string of the molecule is COc1cc(NC(=O)CNC(=O)c2c[nH]c3ccccc3c2=O)c(C(=O)N(C)C)cc1OC. The number of carbonyl (C=O) groups excluding carboxylic acids is 3. The van der Waals surface area contributed by atoms with E-state index in [2.05, 4.69) is 15.6 Å². The first-order valence-corrected chi connectivity index (χ1v) is 9.93. The molecule has 10 nitrogen and oxygen atoms in total. The third-order valence-corrected chi connectivity index (χ3v) is 4.88. The highest BCUT2D eigenvalue weighted by molar-refractivity contribution is 6.06. The lowest BCUT2D eigenvalue weighted by Crippen LogP contribution is -2.35. The van der Waals surface area contributed by atoms with Gasteiger partial charge in [-0.05, 0) is 18.2 Å². The van der Waals surface area contributed by atoms with Gasteiger partial charge >= 0.3 is 0 Å². The lowest BCUT2D eigenvalue weighted by Gasteiger charge is -2.18. The van der Waals surface area contributed by atoms with E-state index in [-0.39, 0.29) is 22.7 Å². The van der Waals surface area contributed by atoms with Crippen LogP contribution < -0.4 is 25.5 Å². The maximum atomic E-state index is 12.6. The summed E-state index contributed by atoms with van der Waals surface area (Å²) in [7, 11) is 6.01. The zero-order valence-corrected chi connectivity index (χ0v) is 18.6. The molecular weight excluding hydrogens is 428 g/mol. The summed E-state index contributed by atoms with van der Waals surface area (Å²) in [5.41, 5.74) is 0.415. The van der Waals surface area contributed by atoms with Gasteiger partial charge in [-0.3, -0.25) is 19.2 Å². The molecule has 0 saturated heterocycles. The maximum Gasteiger partial charge on any atom is 0.257 e. The number of pyridine rings is 1. The van der Waals surface area contributed by atoms with Crippen molar-refractivity contribution in [1.82, 2.24) is 15.2 Å². The third kappa shape index (κ3) is 4.95. The summed E-state index contributed by atoms with van der Waals surface area (Å²) in [5.74, 6) is -1.02. The Morgan fingerprint density at radius 2 is 1.67 bits per heavy atom. The van der Waals surface area contributed by atoms with E-state index in [0.29, 0.717) is 22.4 Å². The molecule has 0 atom stereocenters. The summed E-state index contributed by atoms with van der Waals surface area (Å²) in [5, 5.41) is 5.39. The first kappa shape index (κ1) is 23.3. The van der Waals surface area contributed by atoms with E-state index in [4.69, 9.17) is 9.47 Å². The van der Waals surface area contributed by atoms with Crippen molar-refractivity contribution in [3.63, 3.8) is 0 Å². The topological polar surface area (TPSA) is 130 Å². The normalized spacial score (nSPS) is 10.4. The molecule has 3 aromatic rings. The molecule has 1 aromatic heterocycles. The highest BCUT2D eigenvalue weighted by Crippen LogP contribution is 2.33. The van der Waals surface area contributed by atoms with E-state index in [1.165, 1.54) is 37.4 Å². The predicted octanol–water partition coefficient (Wildman–Crippen LogP) is 1.62. The van der Waals surface area contributed by atoms with Crippen molar-refractivity contribution in [3.8, 4) is 11.5 Å². The molecule has 33 heavy (non-hydrogen) atoms. The smallest absolute Gasteiger partial charge is 0.257 e. The minimum Gasteiger partial charge on any atom is -0.493 e. The number of carbonyl (C=O) groups is 3. The molecule has 0 unspecified atom stereocenters. The second kappa shape index (κ2) is 9.86. The van der Waals surface area contributed by atoms with Gasteiger partial charge < -0.3 is 30.0 Å². The van der Waals surface area contributed by atoms with Gasteiger partial charge in [0.1, 0.15) is 5.56 Å². The predicted molar refractivity (Wildman–Crippen MR) is 123 cm³/mol. The van der Waals surface area contributed by atoms with E-state index in [1.807, 2.05) is 0 Å². The van der Waals surface area contributed by atoms with Crippen molar-refractivity contribution in [3.05, 3.63) is 63.9 Å². The molecule has 0 radical (unpaired) electrons. The van der Waals surface area contributed by atoms with Crippen LogP contribution in [0.4, 0.5) is 5.69 Å². The number of anilines is 1. The number of hydrogen-bond acceptors (Lipinski definition) is 6. The van der Waals surface area contributed by atoms with Crippen LogP contribution in [0.1, 0.15) is 20.7 Å². The van der Waals surface area contributed by atoms with Crippen LogP contribution in [0, 0.1) is 0 Å². The lowest BCUT2D eigenvalue weighted by molar-refractivity contribution is -0.115. The largest absolute Gasteiger partial charge is 0.493 e. The summed E-state index contributed by atoms with van der Waals surface area (Å²) in [6.45, 7) is -0.422. The van der Waals surface area contributed by atoms with Crippen molar-refractivity contribution in [2.75, 3.05) is 40.2 Å². The monoisotopic (exact) mass is 452 g/mol. The quantitative estimate of drug-likeness (QED) is 0.500. The van der Waals surface area contributed by atoms with Crippen molar-refractivity contribution in [2.45, 2.75) is 0 Å². The highest BCUT2D eigenvalue weighted by Gasteiger charge is 2.20. The molecule has 172 valence electrons. The molecule has 0 fully saturated rings. The first-order valence-electron chi connectivity index (χ1n) is 9.93. The molecule has 1 heterocycles. The Balaban J connectivity index is 1.78. The fourth-order valence-corrected chi connectivity index (χ4v) is 3.19. The standard InChI is InChI=1S/C23H24N4O6/c1-27(2)23(31)14-9-18(32-3)19(33-4)10-17(14)26-20(28)12-25-22(30)15-11-24-16-8-6-5-7-13(16)21(15)29/h5-11H,12H2,1-4H3,(H,24,29)(H,25,30)(H,26,28). The van der Waals surface area contributed by atoms with Gasteiger partial charge in [-0.1, -0.05) is 12.1 Å². The molecule has 0 aliphatic carbocycles. The van der Waals surface area contributed by atoms with Crippen LogP contribution in [-0.4, -0.2) is 62.5 Å². The van der Waals surface area contributed by atoms with E-state index < -0.39 is 23.8 Å². The van der Waals surface area contributed by atoms with Crippen molar-refractivity contribution < 1.29 is 23.9 Å². The van der Waals surface area contributed by atoms with Crippen LogP contribution in [0.15, 0.2) is 47.4 Å². The average Bonchev–Trinajstić information content (AvgIpc) is 2.82. The number of fused-ring (bicyclic) bond motifs is 1. The molecule has 0 aliphatic rings. The molecule has 3 N–H and O–H groups in total. The van der Waals surface area contributed by atoms with Crippen LogP contribution in [0.3, 0.4) is 0 Å². The van der Waals surface area contributed by atoms with Crippen molar-refractivity contribution >= 4 is 34.3 Å². The van der Waals surface area contributed by atoms with Gasteiger partial charge in [0.2, 0.25) is 11.3 Å². The molecule has 3 rings (SSSR count). The third-order valence-electron chi connectivity index (χ3n) is 4.88. The highest BCUT2D eigenvalue weighted by atomic mass is 16.5. The van der Waals surface area contributed by atoms with E-state index in [0.717, 1.165) is 0 Å². The molecule has 2 aromatic carbocycles. The number of nitrogens with zero attached hydrogens (tertiary/aromatic N) is 1. The zero-order valence-electron chi connectivity index (χ0n) is 18.6. The second-order valence-corrected chi connectivity index (χ2v) is 7.26. The number of hydrogen-bond donors (Lipinski definition) is 3. The first-order chi connectivity index (χ1) is 15.8. The summed E-state index contributed by atoms with van der Waals surface area (Å²) < 4.78 is 10.5. The summed E-state index contributed by atoms with van der Waals surface area (Å²) in [4.78, 5) is 54.4. The van der Waals surface area contributed by atoms with E-state index in [1.54, 1.807) is 38.4 Å².